The Morgan fingerprint density at radius 3 is 1.17 bits per heavy atom. The lowest BCUT2D eigenvalue weighted by atomic mass is 9.97. The molecule has 17 N–H and O–H groups in total. The summed E-state index contributed by atoms with van der Waals surface area (Å²) in [5.41, 5.74) is 0. The highest BCUT2D eigenvalue weighted by Crippen LogP contribution is 2.25. The highest BCUT2D eigenvalue weighted by molar-refractivity contribution is 5.92. The number of nitrogens with one attached hydrogen (secondary N) is 8. The third kappa shape index (κ3) is 40.7. The zero-order valence-corrected chi connectivity index (χ0v) is 59.6. The van der Waals surface area contributed by atoms with Crippen molar-refractivity contribution in [1.82, 2.24) is 42.5 Å². The maximum absolute atomic E-state index is 14.1. The van der Waals surface area contributed by atoms with E-state index in [-0.39, 0.29) is 170 Å². The molecule has 3 heterocycles. The Bertz CT molecular complexity index is 2290. The predicted molar refractivity (Wildman–Crippen MR) is 357 cm³/mol. The average Bonchev–Trinajstić information content (AvgIpc) is 0.818. The largest absolute Gasteiger partial charge is 0.394 e. The van der Waals surface area contributed by atoms with Gasteiger partial charge in [-0.1, -0.05) is 6.42 Å². The van der Waals surface area contributed by atoms with Crippen molar-refractivity contribution in [3.05, 3.63) is 0 Å². The van der Waals surface area contributed by atoms with Gasteiger partial charge in [0.25, 0.3) is 0 Å². The summed E-state index contributed by atoms with van der Waals surface area (Å²) >= 11 is 0. The number of carbonyl (C=O) groups excluding carboxylic acids is 7. The molecule has 0 aromatic rings. The lowest BCUT2D eigenvalue weighted by molar-refractivity contribution is -0.272. The van der Waals surface area contributed by atoms with E-state index < -0.39 is 160 Å². The van der Waals surface area contributed by atoms with E-state index >= 15 is 0 Å². The highest BCUT2D eigenvalue weighted by Gasteiger charge is 2.47. The van der Waals surface area contributed by atoms with Gasteiger partial charge in [-0.2, -0.15) is 0 Å². The van der Waals surface area contributed by atoms with Crippen molar-refractivity contribution in [2.45, 2.75) is 176 Å². The third-order valence-electron chi connectivity index (χ3n) is 15.9. The minimum absolute atomic E-state index is 0.0106. The summed E-state index contributed by atoms with van der Waals surface area (Å²) in [6, 6.07) is -4.33. The van der Waals surface area contributed by atoms with E-state index in [1.807, 2.05) is 7.05 Å². The zero-order valence-electron chi connectivity index (χ0n) is 59.6. The van der Waals surface area contributed by atoms with Crippen molar-refractivity contribution < 1.29 is 151 Å². The number of hydrogen-bond donors (Lipinski definition) is 17. The number of ether oxygens (including phenoxy) is 15. The summed E-state index contributed by atoms with van der Waals surface area (Å²) in [5.74, 6) is -3.45. The molecule has 0 aromatic carbocycles. The van der Waals surface area contributed by atoms with Crippen LogP contribution >= 0.6 is 0 Å². The number of aliphatic hydroxyl groups is 9. The van der Waals surface area contributed by atoms with E-state index in [0.717, 1.165) is 19.4 Å². The van der Waals surface area contributed by atoms with Crippen LogP contribution in [-0.4, -0.2) is 377 Å². The van der Waals surface area contributed by atoms with Gasteiger partial charge in [-0.25, -0.2) is 0 Å². The Morgan fingerprint density at radius 2 is 0.748 bits per heavy atom. The Kier molecular flexibility index (Phi) is 51.6. The molecule has 3 aliphatic heterocycles. The summed E-state index contributed by atoms with van der Waals surface area (Å²) in [7, 11) is 1.85. The van der Waals surface area contributed by atoms with Gasteiger partial charge >= 0.3 is 0 Å². The van der Waals surface area contributed by atoms with Crippen LogP contribution < -0.4 is 42.5 Å². The van der Waals surface area contributed by atoms with Gasteiger partial charge in [0.2, 0.25) is 41.4 Å². The fourth-order valence-electron chi connectivity index (χ4n) is 10.4. The Hall–Kier alpha value is -4.71. The van der Waals surface area contributed by atoms with Gasteiger partial charge in [0.15, 0.2) is 18.9 Å². The molecule has 0 aliphatic carbocycles. The second-order valence-electron chi connectivity index (χ2n) is 24.2. The van der Waals surface area contributed by atoms with Gasteiger partial charge < -0.3 is 160 Å². The Labute approximate surface area is 600 Å². The molecule has 0 radical (unpaired) electrons. The highest BCUT2D eigenvalue weighted by atomic mass is 16.7. The SMILES string of the molecule is CNCCCCCNC(=O)C(CCCCNC(=O)COCCOCCOCCOC1CC(O)C(O)C(CO)O1)NC(=O)C(CCCCNC(=O)COCCOCCOCCOC1OC(CO)C(O)C(O)[C@H]1NC(C)=O)NC(=O)COCCOCCOCCOC1OC(CO)C(O)C(O)[C@H]1NC(C)=O. The first-order valence-electron chi connectivity index (χ1n) is 35.3. The third-order valence-corrected chi connectivity index (χ3v) is 15.9. The molecule has 3 rings (SSSR count). The minimum atomic E-state index is -1.46. The minimum Gasteiger partial charge on any atom is -0.394 e. The van der Waals surface area contributed by atoms with Crippen LogP contribution in [0.5, 0.6) is 0 Å². The Balaban J connectivity index is 1.43. The second kappa shape index (κ2) is 57.5. The van der Waals surface area contributed by atoms with Crippen molar-refractivity contribution in [1.29, 1.82) is 0 Å². The number of rotatable bonds is 61. The van der Waals surface area contributed by atoms with Crippen molar-refractivity contribution in [2.24, 2.45) is 0 Å². The summed E-state index contributed by atoms with van der Waals surface area (Å²) in [6.07, 6.45) is -10.1. The maximum Gasteiger partial charge on any atom is 0.246 e. The van der Waals surface area contributed by atoms with Crippen LogP contribution in [0, 0.1) is 0 Å². The summed E-state index contributed by atoms with van der Waals surface area (Å²) < 4.78 is 82.6. The first kappa shape index (κ1) is 92.5. The summed E-state index contributed by atoms with van der Waals surface area (Å²) in [6.45, 7) is 3.66. The van der Waals surface area contributed by atoms with E-state index in [2.05, 4.69) is 42.5 Å². The van der Waals surface area contributed by atoms with E-state index in [9.17, 15) is 79.5 Å². The molecule has 7 amide bonds. The molecule has 14 unspecified atom stereocenters. The van der Waals surface area contributed by atoms with Crippen LogP contribution in [0.25, 0.3) is 0 Å². The molecule has 39 nitrogen and oxygen atoms in total. The molecule has 0 aromatic heterocycles. The standard InChI is InChI=1S/C64H118N8O31/c1-42(76)69-54-59(85)57(83)48(37-74)102-63(54)99-33-30-93-21-18-90-24-27-96-40-51(80)67-15-10-6-12-45(71-52(81)41-97-28-25-91-19-22-94-31-34-100-64-55(70-43(2)77)60(86)58(84)49(38-75)103-64)62(88)72-44(61(87)68-16-8-4-7-13-65-3)11-5-9-14-66-50(79)39-95-26-23-89-17-20-92-29-32-98-53-35-46(78)56(82)47(36-73)101-53/h44-49,53-60,63-65,73-75,78,82-86H,4-41H2,1-3H3,(H,66,79)(H,67,80)(H,68,87)(H,69,76)(H,70,77)(H,71,81)(H,72,88)/t44?,45?,46?,47?,48?,49?,53?,54-,55-,56?,57?,58?,59?,60?,63?,64?/m1/s1. The van der Waals surface area contributed by atoms with Crippen LogP contribution in [0.3, 0.4) is 0 Å². The quantitative estimate of drug-likeness (QED) is 0.0252. The maximum atomic E-state index is 14.1. The number of hydrogen-bond acceptors (Lipinski definition) is 32. The molecule has 3 aliphatic rings. The van der Waals surface area contributed by atoms with Crippen molar-refractivity contribution >= 4 is 41.4 Å². The van der Waals surface area contributed by atoms with Crippen molar-refractivity contribution in [3.63, 3.8) is 0 Å². The molecular formula is C64H118N8O31. The summed E-state index contributed by atoms with van der Waals surface area (Å²) in [5, 5.41) is 111. The molecular weight excluding hydrogens is 1380 g/mol. The van der Waals surface area contributed by atoms with Gasteiger partial charge in [-0.15, -0.1) is 0 Å². The lowest BCUT2D eigenvalue weighted by Gasteiger charge is -2.42. The van der Waals surface area contributed by atoms with Crippen LogP contribution in [0.2, 0.25) is 0 Å². The normalized spacial score (nSPS) is 24.7. The molecule has 16 atom stereocenters. The van der Waals surface area contributed by atoms with Crippen LogP contribution in [-0.2, 0) is 105 Å². The van der Waals surface area contributed by atoms with Gasteiger partial charge in [-0.3, -0.25) is 33.6 Å². The smallest absolute Gasteiger partial charge is 0.246 e. The van der Waals surface area contributed by atoms with Gasteiger partial charge in [0.1, 0.15) is 92.8 Å². The number of amides is 7. The molecule has 39 heteroatoms. The first-order chi connectivity index (χ1) is 49.7. The van der Waals surface area contributed by atoms with E-state index in [1.54, 1.807) is 0 Å². The topological polar surface area (TPSA) is 536 Å². The molecule has 0 bridgehead atoms. The predicted octanol–water partition coefficient (Wildman–Crippen LogP) is -8.05. The molecule has 0 spiro atoms. The monoisotopic (exact) mass is 1490 g/mol. The first-order valence-corrected chi connectivity index (χ1v) is 35.3. The van der Waals surface area contributed by atoms with Crippen molar-refractivity contribution in [3.8, 4) is 0 Å². The number of aliphatic hydroxyl groups excluding tert-OH is 9. The van der Waals surface area contributed by atoms with E-state index in [0.29, 0.717) is 38.6 Å². The second-order valence-corrected chi connectivity index (χ2v) is 24.2. The van der Waals surface area contributed by atoms with Crippen molar-refractivity contribution in [2.75, 3.05) is 192 Å². The number of unbranched alkanes of at least 4 members (excludes halogenated alkanes) is 4. The average molecular weight is 1500 g/mol. The molecule has 3 saturated heterocycles. The zero-order chi connectivity index (χ0) is 75.4. The molecule has 103 heavy (non-hydrogen) atoms. The fourth-order valence-corrected chi connectivity index (χ4v) is 10.4. The lowest BCUT2D eigenvalue weighted by Crippen LogP contribution is -2.64. The van der Waals surface area contributed by atoms with Gasteiger partial charge in [0, 0.05) is 39.9 Å². The van der Waals surface area contributed by atoms with E-state index in [1.165, 1.54) is 13.8 Å². The van der Waals surface area contributed by atoms with Crippen LogP contribution in [0.4, 0.5) is 0 Å². The summed E-state index contributed by atoms with van der Waals surface area (Å²) in [4.78, 5) is 89.7. The van der Waals surface area contributed by atoms with Crippen LogP contribution in [0.1, 0.15) is 78.1 Å². The molecule has 600 valence electrons. The fraction of sp³-hybridized carbons (Fsp3) is 0.891. The Morgan fingerprint density at radius 1 is 0.388 bits per heavy atom. The van der Waals surface area contributed by atoms with Gasteiger partial charge in [-0.05, 0) is 65.0 Å². The molecule has 3 fully saturated rings. The number of carbonyl (C=O) groups is 7. The van der Waals surface area contributed by atoms with E-state index in [4.69, 9.17) is 71.1 Å². The van der Waals surface area contributed by atoms with Gasteiger partial charge in [0.05, 0.1) is 145 Å². The molecule has 0 saturated carbocycles. The van der Waals surface area contributed by atoms with Crippen LogP contribution in [0.15, 0.2) is 0 Å².